The summed E-state index contributed by atoms with van der Waals surface area (Å²) in [7, 11) is 0. The highest BCUT2D eigenvalue weighted by atomic mass is 19.1. The molecule has 3 aromatic carbocycles. The van der Waals surface area contributed by atoms with Gasteiger partial charge in [-0.1, -0.05) is 48.5 Å². The van der Waals surface area contributed by atoms with Crippen LogP contribution in [-0.2, 0) is 14.4 Å². The second kappa shape index (κ2) is 17.4. The molecule has 8 rings (SSSR count). The first-order valence-electron chi connectivity index (χ1n) is 20.4. The molecule has 0 radical (unpaired) electrons. The molecule has 2 aliphatic carbocycles. The molecule has 4 fully saturated rings. The Kier molecular flexibility index (Phi) is 11.7. The SMILES string of the molecule is O=C1CCC(Nc2ccc(N3CCN(C4CCC(NC(=O)[C@H]5CC[C@H](Nc6ncc(F)c(-c7cccc(-c8ccccc8)c7)n6)CC5)CC4)CC3)c(F)c2)C(=O)N1. The summed E-state index contributed by atoms with van der Waals surface area (Å²) in [5.74, 6) is -0.958. The van der Waals surface area contributed by atoms with Gasteiger partial charge in [-0.2, -0.15) is 0 Å². The molecule has 11 nitrogen and oxygen atoms in total. The summed E-state index contributed by atoms with van der Waals surface area (Å²) >= 11 is 0. The average Bonchev–Trinajstić information content (AvgIpc) is 3.24. The van der Waals surface area contributed by atoms with Crippen LogP contribution in [0.3, 0.4) is 0 Å². The molecule has 3 heterocycles. The van der Waals surface area contributed by atoms with Gasteiger partial charge in [-0.3, -0.25) is 24.6 Å². The van der Waals surface area contributed by atoms with Crippen molar-refractivity contribution in [3.63, 3.8) is 0 Å². The first kappa shape index (κ1) is 38.4. The number of hydrogen-bond donors (Lipinski definition) is 4. The maximum absolute atomic E-state index is 15.2. The summed E-state index contributed by atoms with van der Waals surface area (Å²) in [6.45, 7) is 3.14. The summed E-state index contributed by atoms with van der Waals surface area (Å²) in [4.78, 5) is 50.3. The molecular weight excluding hydrogens is 727 g/mol. The number of carbonyl (C=O) groups excluding carboxylic acids is 3. The zero-order chi connectivity index (χ0) is 39.3. The first-order chi connectivity index (χ1) is 27.8. The lowest BCUT2D eigenvalue weighted by molar-refractivity contribution is -0.133. The summed E-state index contributed by atoms with van der Waals surface area (Å²) in [5.41, 5.74) is 4.06. The van der Waals surface area contributed by atoms with Gasteiger partial charge >= 0.3 is 0 Å². The zero-order valence-electron chi connectivity index (χ0n) is 32.1. The fourth-order valence-corrected chi connectivity index (χ4v) is 8.92. The van der Waals surface area contributed by atoms with Gasteiger partial charge in [-0.15, -0.1) is 0 Å². The van der Waals surface area contributed by atoms with Crippen LogP contribution in [0.1, 0.15) is 64.2 Å². The Labute approximate surface area is 332 Å². The van der Waals surface area contributed by atoms with Crippen LogP contribution in [-0.4, -0.2) is 82.9 Å². The van der Waals surface area contributed by atoms with Crippen molar-refractivity contribution < 1.29 is 23.2 Å². The minimum Gasteiger partial charge on any atom is -0.374 e. The Morgan fingerprint density at radius 1 is 0.719 bits per heavy atom. The molecule has 4 aliphatic rings. The van der Waals surface area contributed by atoms with Crippen molar-refractivity contribution in [1.29, 1.82) is 0 Å². The number of piperazine rings is 1. The highest BCUT2D eigenvalue weighted by Gasteiger charge is 2.33. The van der Waals surface area contributed by atoms with E-state index in [1.807, 2.05) is 54.6 Å². The van der Waals surface area contributed by atoms with Crippen molar-refractivity contribution in [2.75, 3.05) is 41.7 Å². The maximum atomic E-state index is 15.2. The predicted molar refractivity (Wildman–Crippen MR) is 216 cm³/mol. The van der Waals surface area contributed by atoms with Crippen LogP contribution >= 0.6 is 0 Å². The van der Waals surface area contributed by atoms with E-state index in [9.17, 15) is 18.8 Å². The highest BCUT2D eigenvalue weighted by molar-refractivity contribution is 6.01. The molecule has 0 spiro atoms. The minimum atomic E-state index is -0.556. The van der Waals surface area contributed by atoms with E-state index in [0.717, 1.165) is 88.7 Å². The molecule has 57 heavy (non-hydrogen) atoms. The number of piperidine rings is 1. The maximum Gasteiger partial charge on any atom is 0.249 e. The van der Waals surface area contributed by atoms with Crippen molar-refractivity contribution in [3.8, 4) is 22.4 Å². The van der Waals surface area contributed by atoms with Crippen LogP contribution < -0.4 is 26.2 Å². The van der Waals surface area contributed by atoms with E-state index in [-0.39, 0.29) is 53.7 Å². The van der Waals surface area contributed by atoms with Crippen molar-refractivity contribution in [2.45, 2.75) is 88.4 Å². The molecule has 2 aliphatic heterocycles. The van der Waals surface area contributed by atoms with E-state index in [4.69, 9.17) is 0 Å². The molecule has 3 amide bonds. The molecule has 2 saturated carbocycles. The largest absolute Gasteiger partial charge is 0.374 e. The van der Waals surface area contributed by atoms with Gasteiger partial charge in [0, 0.05) is 67.9 Å². The van der Waals surface area contributed by atoms with Gasteiger partial charge in [-0.25, -0.2) is 18.7 Å². The fourth-order valence-electron chi connectivity index (χ4n) is 8.92. The Balaban J connectivity index is 0.755. The lowest BCUT2D eigenvalue weighted by atomic mass is 9.84. The second-order valence-electron chi connectivity index (χ2n) is 15.9. The zero-order valence-corrected chi connectivity index (χ0v) is 32.1. The normalized spacial score (nSPS) is 24.4. The molecular formula is C44H50F2N8O3. The van der Waals surface area contributed by atoms with Crippen LogP contribution in [0, 0.1) is 17.6 Å². The van der Waals surface area contributed by atoms with E-state index in [2.05, 4.69) is 41.0 Å². The molecule has 1 aromatic heterocycles. The lowest BCUT2D eigenvalue weighted by Crippen LogP contribution is -2.52. The first-order valence-corrected chi connectivity index (χ1v) is 20.4. The molecule has 2 saturated heterocycles. The quantitative estimate of drug-likeness (QED) is 0.133. The molecule has 1 unspecified atom stereocenters. The number of rotatable bonds is 10. The van der Waals surface area contributed by atoms with Crippen molar-refractivity contribution in [1.82, 2.24) is 25.5 Å². The molecule has 4 N–H and O–H groups in total. The highest BCUT2D eigenvalue weighted by Crippen LogP contribution is 2.32. The molecule has 1 atom stereocenters. The average molecular weight is 777 g/mol. The fraction of sp³-hybridized carbons (Fsp3) is 0.432. The minimum absolute atomic E-state index is 0.0260. The van der Waals surface area contributed by atoms with Gasteiger partial charge in [0.1, 0.15) is 17.6 Å². The topological polar surface area (TPSA) is 132 Å². The summed E-state index contributed by atoms with van der Waals surface area (Å²) in [5, 5.41) is 12.1. The Morgan fingerprint density at radius 2 is 1.44 bits per heavy atom. The number of amides is 3. The number of imide groups is 1. The number of hydrogen-bond acceptors (Lipinski definition) is 9. The van der Waals surface area contributed by atoms with E-state index in [1.165, 1.54) is 12.3 Å². The smallest absolute Gasteiger partial charge is 0.249 e. The van der Waals surface area contributed by atoms with Crippen molar-refractivity contribution in [3.05, 3.63) is 90.6 Å². The number of carbonyl (C=O) groups is 3. The van der Waals surface area contributed by atoms with Crippen LogP contribution in [0.5, 0.6) is 0 Å². The molecule has 4 aromatic rings. The van der Waals surface area contributed by atoms with Gasteiger partial charge in [0.05, 0.1) is 11.9 Å². The lowest BCUT2D eigenvalue weighted by Gasteiger charge is -2.43. The predicted octanol–water partition coefficient (Wildman–Crippen LogP) is 6.53. The Hall–Kier alpha value is -5.43. The Morgan fingerprint density at radius 3 is 2.18 bits per heavy atom. The van der Waals surface area contributed by atoms with E-state index >= 15 is 4.39 Å². The third-order valence-corrected chi connectivity index (χ3v) is 12.2. The number of anilines is 3. The monoisotopic (exact) mass is 776 g/mol. The number of benzene rings is 3. The van der Waals surface area contributed by atoms with E-state index < -0.39 is 11.9 Å². The number of aromatic nitrogens is 2. The van der Waals surface area contributed by atoms with Crippen LogP contribution in [0.25, 0.3) is 22.4 Å². The summed E-state index contributed by atoms with van der Waals surface area (Å²) < 4.78 is 30.2. The van der Waals surface area contributed by atoms with Crippen LogP contribution in [0.2, 0.25) is 0 Å². The van der Waals surface area contributed by atoms with Gasteiger partial charge in [0.2, 0.25) is 23.7 Å². The van der Waals surface area contributed by atoms with Crippen LogP contribution in [0.4, 0.5) is 26.1 Å². The molecule has 13 heteroatoms. The van der Waals surface area contributed by atoms with Crippen molar-refractivity contribution in [2.24, 2.45) is 5.92 Å². The third-order valence-electron chi connectivity index (χ3n) is 12.2. The van der Waals surface area contributed by atoms with Gasteiger partial charge in [-0.05, 0) is 93.2 Å². The van der Waals surface area contributed by atoms with Gasteiger partial charge in [0.15, 0.2) is 5.82 Å². The number of nitrogens with one attached hydrogen (secondary N) is 4. The third kappa shape index (κ3) is 9.25. The van der Waals surface area contributed by atoms with Gasteiger partial charge < -0.3 is 20.9 Å². The number of halogens is 2. The molecule has 298 valence electrons. The summed E-state index contributed by atoms with van der Waals surface area (Å²) in [6, 6.07) is 22.9. The van der Waals surface area contributed by atoms with Crippen LogP contribution in [0.15, 0.2) is 79.0 Å². The van der Waals surface area contributed by atoms with E-state index in [1.54, 1.807) is 12.1 Å². The number of nitrogens with zero attached hydrogens (tertiary/aromatic N) is 4. The van der Waals surface area contributed by atoms with E-state index in [0.29, 0.717) is 35.3 Å². The van der Waals surface area contributed by atoms with Crippen molar-refractivity contribution >= 4 is 35.0 Å². The molecule has 0 bridgehead atoms. The standard InChI is InChI=1S/C44H50F2N8O3/c45-36-26-34(48-38-18-20-40(55)51-43(38)57)15-19-39(36)54-23-21-53(22-24-54)35-16-13-32(14-17-35)49-42(56)29-9-11-33(12-10-29)50-44-47-27-37(46)41(52-44)31-8-4-7-30(25-31)28-5-2-1-3-6-28/h1-8,15,19,25-27,29,32-33,35,38,48H,9-14,16-18,20-24H2,(H,49,56)(H,47,50,52)(H,51,55,57)/t29-,32?,33-,35?,38?. The second-order valence-corrected chi connectivity index (χ2v) is 15.9. The Bertz CT molecular complexity index is 2060. The summed E-state index contributed by atoms with van der Waals surface area (Å²) in [6.07, 6.45) is 8.97. The van der Waals surface area contributed by atoms with Gasteiger partial charge in [0.25, 0.3) is 0 Å².